The fourth-order valence-electron chi connectivity index (χ4n) is 2.21. The number of ether oxygens (including phenoxy) is 2. The highest BCUT2D eigenvalue weighted by molar-refractivity contribution is 5.90. The van der Waals surface area contributed by atoms with E-state index in [-0.39, 0.29) is 17.8 Å². The summed E-state index contributed by atoms with van der Waals surface area (Å²) in [7, 11) is 1.52. The van der Waals surface area contributed by atoms with E-state index in [2.05, 4.69) is 20.2 Å². The second-order valence-electron chi connectivity index (χ2n) is 4.77. The van der Waals surface area contributed by atoms with Gasteiger partial charge in [-0.3, -0.25) is 4.79 Å². The lowest BCUT2D eigenvalue weighted by Crippen LogP contribution is -2.32. The topological polar surface area (TPSA) is 90.3 Å². The highest BCUT2D eigenvalue weighted by Crippen LogP contribution is 2.18. The Morgan fingerprint density at radius 1 is 1.23 bits per heavy atom. The van der Waals surface area contributed by atoms with E-state index < -0.39 is 0 Å². The Bertz CT molecular complexity index is 635. The van der Waals surface area contributed by atoms with Gasteiger partial charge in [-0.05, 0) is 6.07 Å². The minimum atomic E-state index is -0.187. The molecule has 0 bridgehead atoms. The van der Waals surface area contributed by atoms with Gasteiger partial charge in [0, 0.05) is 37.5 Å². The Morgan fingerprint density at radius 3 is 2.64 bits per heavy atom. The van der Waals surface area contributed by atoms with Crippen LogP contribution in [0, 0.1) is 0 Å². The number of aromatic nitrogens is 4. The monoisotopic (exact) mass is 301 g/mol. The molecule has 1 aliphatic rings. The molecule has 0 aliphatic carbocycles. The van der Waals surface area contributed by atoms with E-state index in [1.165, 1.54) is 7.11 Å². The molecule has 2 aromatic heterocycles. The largest absolute Gasteiger partial charge is 0.480 e. The number of rotatable bonds is 4. The molecule has 2 aromatic rings. The van der Waals surface area contributed by atoms with Gasteiger partial charge in [-0.25, -0.2) is 9.97 Å². The summed E-state index contributed by atoms with van der Waals surface area (Å²) in [6.45, 7) is 1.08. The van der Waals surface area contributed by atoms with Crippen LogP contribution >= 0.6 is 0 Å². The molecule has 3 heterocycles. The SMILES string of the molecule is COc1ccc(O[C@H]2CCN(C(=O)c3ncccn3)C2)nn1. The van der Waals surface area contributed by atoms with Gasteiger partial charge in [0.05, 0.1) is 13.7 Å². The summed E-state index contributed by atoms with van der Waals surface area (Å²) in [6.07, 6.45) is 3.72. The van der Waals surface area contributed by atoms with Crippen LogP contribution in [0.1, 0.15) is 17.0 Å². The van der Waals surface area contributed by atoms with E-state index in [9.17, 15) is 4.79 Å². The normalized spacial score (nSPS) is 17.3. The maximum Gasteiger partial charge on any atom is 0.291 e. The predicted octanol–water partition coefficient (Wildman–Crippen LogP) is 0.569. The van der Waals surface area contributed by atoms with Crippen LogP contribution in [0.15, 0.2) is 30.6 Å². The molecule has 0 unspecified atom stereocenters. The van der Waals surface area contributed by atoms with E-state index in [1.807, 2.05) is 0 Å². The molecule has 0 spiro atoms. The first kappa shape index (κ1) is 14.2. The number of carbonyl (C=O) groups excluding carboxylic acids is 1. The molecule has 1 aliphatic heterocycles. The Kier molecular flexibility index (Phi) is 4.08. The molecule has 8 heteroatoms. The molecule has 0 saturated carbocycles. The summed E-state index contributed by atoms with van der Waals surface area (Å²) < 4.78 is 10.7. The van der Waals surface area contributed by atoms with Gasteiger partial charge in [0.25, 0.3) is 5.91 Å². The molecule has 114 valence electrons. The van der Waals surface area contributed by atoms with Gasteiger partial charge < -0.3 is 14.4 Å². The Morgan fingerprint density at radius 2 is 1.95 bits per heavy atom. The van der Waals surface area contributed by atoms with Crippen LogP contribution in [0.5, 0.6) is 11.8 Å². The van der Waals surface area contributed by atoms with Gasteiger partial charge in [-0.1, -0.05) is 0 Å². The van der Waals surface area contributed by atoms with Gasteiger partial charge in [0.2, 0.25) is 17.6 Å². The standard InChI is InChI=1S/C14H15N5O3/c1-21-11-3-4-12(18-17-11)22-10-5-8-19(9-10)14(20)13-15-6-2-7-16-13/h2-4,6-7,10H,5,8-9H2,1H3/t10-/m0/s1. The maximum absolute atomic E-state index is 12.2. The third kappa shape index (κ3) is 3.11. The van der Waals surface area contributed by atoms with Crippen LogP contribution in [-0.4, -0.2) is 57.3 Å². The number of nitrogens with zero attached hydrogens (tertiary/aromatic N) is 5. The molecule has 1 atom stereocenters. The van der Waals surface area contributed by atoms with Crippen molar-refractivity contribution in [2.24, 2.45) is 0 Å². The van der Waals surface area contributed by atoms with Crippen molar-refractivity contribution >= 4 is 5.91 Å². The van der Waals surface area contributed by atoms with Crippen LogP contribution < -0.4 is 9.47 Å². The number of methoxy groups -OCH3 is 1. The number of amides is 1. The van der Waals surface area contributed by atoms with Crippen LogP contribution in [0.3, 0.4) is 0 Å². The predicted molar refractivity (Wildman–Crippen MR) is 75.6 cm³/mol. The molecule has 0 N–H and O–H groups in total. The van der Waals surface area contributed by atoms with Crippen LogP contribution in [-0.2, 0) is 0 Å². The van der Waals surface area contributed by atoms with Gasteiger partial charge in [-0.15, -0.1) is 10.2 Å². The minimum absolute atomic E-state index is 0.115. The third-order valence-electron chi connectivity index (χ3n) is 3.30. The van der Waals surface area contributed by atoms with Gasteiger partial charge in [0.15, 0.2) is 0 Å². The van der Waals surface area contributed by atoms with Crippen LogP contribution in [0.2, 0.25) is 0 Å². The molecular weight excluding hydrogens is 286 g/mol. The van der Waals surface area contributed by atoms with E-state index in [0.29, 0.717) is 24.8 Å². The Balaban J connectivity index is 1.59. The summed E-state index contributed by atoms with van der Waals surface area (Å²) in [5.41, 5.74) is 0. The zero-order chi connectivity index (χ0) is 15.4. The fraction of sp³-hybridized carbons (Fsp3) is 0.357. The number of carbonyl (C=O) groups is 1. The zero-order valence-electron chi connectivity index (χ0n) is 12.0. The average Bonchev–Trinajstić information content (AvgIpc) is 3.04. The van der Waals surface area contributed by atoms with Crippen molar-refractivity contribution in [2.75, 3.05) is 20.2 Å². The highest BCUT2D eigenvalue weighted by atomic mass is 16.5. The lowest BCUT2D eigenvalue weighted by Gasteiger charge is -2.15. The maximum atomic E-state index is 12.2. The fourth-order valence-corrected chi connectivity index (χ4v) is 2.21. The molecule has 22 heavy (non-hydrogen) atoms. The molecule has 1 amide bonds. The van der Waals surface area contributed by atoms with Crippen molar-refractivity contribution in [2.45, 2.75) is 12.5 Å². The minimum Gasteiger partial charge on any atom is -0.480 e. The van der Waals surface area contributed by atoms with E-state index in [1.54, 1.807) is 35.5 Å². The summed E-state index contributed by atoms with van der Waals surface area (Å²) in [5, 5.41) is 7.76. The van der Waals surface area contributed by atoms with Crippen LogP contribution in [0.4, 0.5) is 0 Å². The van der Waals surface area contributed by atoms with Crippen molar-refractivity contribution in [3.8, 4) is 11.8 Å². The number of hydrogen-bond acceptors (Lipinski definition) is 7. The molecule has 0 aromatic carbocycles. The first-order valence-electron chi connectivity index (χ1n) is 6.87. The van der Waals surface area contributed by atoms with E-state index >= 15 is 0 Å². The van der Waals surface area contributed by atoms with Crippen molar-refractivity contribution in [3.63, 3.8) is 0 Å². The number of hydrogen-bond donors (Lipinski definition) is 0. The average molecular weight is 301 g/mol. The van der Waals surface area contributed by atoms with E-state index in [4.69, 9.17) is 9.47 Å². The summed E-state index contributed by atoms with van der Waals surface area (Å²) in [5.74, 6) is 0.854. The molecule has 0 radical (unpaired) electrons. The number of likely N-dealkylation sites (tertiary alicyclic amines) is 1. The summed E-state index contributed by atoms with van der Waals surface area (Å²) in [6, 6.07) is 5.05. The third-order valence-corrected chi connectivity index (χ3v) is 3.30. The van der Waals surface area contributed by atoms with Crippen molar-refractivity contribution in [1.29, 1.82) is 0 Å². The zero-order valence-corrected chi connectivity index (χ0v) is 12.0. The second-order valence-corrected chi connectivity index (χ2v) is 4.77. The first-order valence-corrected chi connectivity index (χ1v) is 6.87. The quantitative estimate of drug-likeness (QED) is 0.815. The smallest absolute Gasteiger partial charge is 0.291 e. The van der Waals surface area contributed by atoms with Gasteiger partial charge in [-0.2, -0.15) is 0 Å². The van der Waals surface area contributed by atoms with Gasteiger partial charge >= 0.3 is 0 Å². The van der Waals surface area contributed by atoms with Gasteiger partial charge in [0.1, 0.15) is 6.10 Å². The molecular formula is C14H15N5O3. The highest BCUT2D eigenvalue weighted by Gasteiger charge is 2.29. The lowest BCUT2D eigenvalue weighted by atomic mass is 10.3. The molecule has 1 fully saturated rings. The van der Waals surface area contributed by atoms with Crippen molar-refractivity contribution < 1.29 is 14.3 Å². The lowest BCUT2D eigenvalue weighted by molar-refractivity contribution is 0.0759. The summed E-state index contributed by atoms with van der Waals surface area (Å²) >= 11 is 0. The Hall–Kier alpha value is -2.77. The molecule has 3 rings (SSSR count). The molecule has 1 saturated heterocycles. The summed E-state index contributed by atoms with van der Waals surface area (Å²) in [4.78, 5) is 21.9. The molecule has 8 nitrogen and oxygen atoms in total. The van der Waals surface area contributed by atoms with E-state index in [0.717, 1.165) is 6.42 Å². The first-order chi connectivity index (χ1) is 10.8. The Labute approximate surface area is 127 Å². The van der Waals surface area contributed by atoms with Crippen molar-refractivity contribution in [3.05, 3.63) is 36.4 Å². The van der Waals surface area contributed by atoms with Crippen LogP contribution in [0.25, 0.3) is 0 Å². The van der Waals surface area contributed by atoms with Crippen molar-refractivity contribution in [1.82, 2.24) is 25.1 Å². The second kappa shape index (κ2) is 6.33.